The van der Waals surface area contributed by atoms with Gasteiger partial charge in [0.15, 0.2) is 6.29 Å². The highest BCUT2D eigenvalue weighted by Crippen LogP contribution is 2.21. The Morgan fingerprint density at radius 1 is 0.800 bits per heavy atom. The molecule has 2 amide bonds. The lowest BCUT2D eigenvalue weighted by Crippen LogP contribution is -2.63. The Morgan fingerprint density at radius 3 is 1.90 bits per heavy atom. The fourth-order valence-electron chi connectivity index (χ4n) is 3.45. The molecule has 5 unspecified atom stereocenters. The van der Waals surface area contributed by atoms with Crippen LogP contribution < -0.4 is 16.0 Å². The maximum atomic E-state index is 11.9. The summed E-state index contributed by atoms with van der Waals surface area (Å²) in [4.78, 5) is 23.4. The van der Waals surface area contributed by atoms with Gasteiger partial charge in [0, 0.05) is 19.5 Å². The molecule has 15 nitrogen and oxygen atoms in total. The quantitative estimate of drug-likeness (QED) is 0.0823. The minimum Gasteiger partial charge on any atom is -0.444 e. The van der Waals surface area contributed by atoms with Crippen LogP contribution in [0.2, 0.25) is 0 Å². The first-order valence-corrected chi connectivity index (χ1v) is 13.5. The lowest BCUT2D eigenvalue weighted by molar-refractivity contribution is -0.269. The molecule has 5 atom stereocenters. The van der Waals surface area contributed by atoms with Gasteiger partial charge in [0.2, 0.25) is 5.91 Å². The van der Waals surface area contributed by atoms with E-state index >= 15 is 0 Å². The van der Waals surface area contributed by atoms with Crippen molar-refractivity contribution in [2.45, 2.75) is 63.4 Å². The van der Waals surface area contributed by atoms with Crippen molar-refractivity contribution in [2.75, 3.05) is 86.2 Å². The minimum atomic E-state index is -1.24. The zero-order valence-electron chi connectivity index (χ0n) is 24.1. The number of carbonyl (C=O) groups excluding carboxylic acids is 2. The summed E-state index contributed by atoms with van der Waals surface area (Å²) in [6, 6.07) is -0.684. The molecule has 0 aromatic heterocycles. The topological polar surface area (TPSA) is 196 Å². The normalized spacial score (nSPS) is 23.1. The number of alkyl carbamates (subject to hydrolysis) is 1. The Morgan fingerprint density at radius 2 is 1.35 bits per heavy atom. The first-order valence-electron chi connectivity index (χ1n) is 13.5. The van der Waals surface area contributed by atoms with Crippen LogP contribution in [0.4, 0.5) is 4.79 Å². The van der Waals surface area contributed by atoms with Crippen molar-refractivity contribution >= 4 is 12.0 Å². The van der Waals surface area contributed by atoms with E-state index in [0.717, 1.165) is 0 Å². The van der Waals surface area contributed by atoms with Crippen molar-refractivity contribution in [3.05, 3.63) is 0 Å². The number of hydrogen-bond acceptors (Lipinski definition) is 13. The molecule has 1 aliphatic rings. The maximum absolute atomic E-state index is 11.9. The summed E-state index contributed by atoms with van der Waals surface area (Å²) >= 11 is 0. The number of amides is 2. The Labute approximate surface area is 236 Å². The lowest BCUT2D eigenvalue weighted by atomic mass is 9.97. The monoisotopic (exact) mass is 583 g/mol. The number of aliphatic hydroxyl groups excluding tert-OH is 3. The number of likely N-dealkylation sites (N-methyl/N-ethyl adjacent to an activating group) is 1. The number of carbonyl (C=O) groups is 2. The smallest absolute Gasteiger partial charge is 0.407 e. The molecule has 0 aliphatic carbocycles. The molecular weight excluding hydrogens is 534 g/mol. The van der Waals surface area contributed by atoms with Gasteiger partial charge in [0.25, 0.3) is 0 Å². The average molecular weight is 584 g/mol. The van der Waals surface area contributed by atoms with Crippen molar-refractivity contribution in [1.29, 1.82) is 0 Å². The standard InChI is InChI=1S/C25H49N3O12/c1-25(2,3)40-24(33)28-6-9-35-12-14-37-16-15-36-13-11-34-8-5-19(30)27-7-10-38-23-20(26-4)22(32)21(31)18(17-29)39-23/h18,20-23,26,29,31-32H,5-17H2,1-4H3,(H,27,30)(H,28,33). The molecule has 1 heterocycles. The maximum Gasteiger partial charge on any atom is 0.407 e. The van der Waals surface area contributed by atoms with Crippen LogP contribution in [-0.4, -0.2) is 150 Å². The molecule has 0 saturated carbocycles. The third-order valence-corrected chi connectivity index (χ3v) is 5.42. The van der Waals surface area contributed by atoms with Crippen LogP contribution in [0, 0.1) is 0 Å². The van der Waals surface area contributed by atoms with Crippen LogP contribution in [0.15, 0.2) is 0 Å². The molecule has 0 radical (unpaired) electrons. The van der Waals surface area contributed by atoms with Crippen LogP contribution in [0.25, 0.3) is 0 Å². The Bertz CT molecular complexity index is 682. The molecule has 0 aromatic carbocycles. The highest BCUT2D eigenvalue weighted by molar-refractivity contribution is 5.75. The second-order valence-electron chi connectivity index (χ2n) is 9.87. The van der Waals surface area contributed by atoms with Gasteiger partial charge < -0.3 is 64.4 Å². The van der Waals surface area contributed by atoms with E-state index < -0.39 is 48.9 Å². The Balaban J connectivity index is 1.90. The van der Waals surface area contributed by atoms with Crippen molar-refractivity contribution in [1.82, 2.24) is 16.0 Å². The van der Waals surface area contributed by atoms with Crippen molar-refractivity contribution in [3.8, 4) is 0 Å². The van der Waals surface area contributed by atoms with Gasteiger partial charge in [-0.3, -0.25) is 4.79 Å². The van der Waals surface area contributed by atoms with E-state index in [1.54, 1.807) is 27.8 Å². The van der Waals surface area contributed by atoms with Crippen LogP contribution in [-0.2, 0) is 38.0 Å². The lowest BCUT2D eigenvalue weighted by Gasteiger charge is -2.41. The Hall–Kier alpha value is -1.66. The largest absolute Gasteiger partial charge is 0.444 e. The molecule has 0 bridgehead atoms. The van der Waals surface area contributed by atoms with Crippen LogP contribution in [0.1, 0.15) is 27.2 Å². The van der Waals surface area contributed by atoms with E-state index in [1.165, 1.54) is 0 Å². The van der Waals surface area contributed by atoms with Crippen LogP contribution in [0.3, 0.4) is 0 Å². The molecule has 0 aromatic rings. The van der Waals surface area contributed by atoms with E-state index in [4.69, 9.17) is 33.2 Å². The van der Waals surface area contributed by atoms with E-state index in [-0.39, 0.29) is 32.1 Å². The molecule has 1 rings (SSSR count). The molecule has 1 saturated heterocycles. The summed E-state index contributed by atoms with van der Waals surface area (Å²) in [6.07, 6.45) is -4.56. The van der Waals surface area contributed by atoms with Crippen molar-refractivity contribution in [3.63, 3.8) is 0 Å². The zero-order valence-corrected chi connectivity index (χ0v) is 24.1. The van der Waals surface area contributed by atoms with Gasteiger partial charge in [0.1, 0.15) is 23.9 Å². The van der Waals surface area contributed by atoms with Gasteiger partial charge >= 0.3 is 6.09 Å². The second kappa shape index (κ2) is 21.1. The molecule has 236 valence electrons. The molecule has 0 spiro atoms. The summed E-state index contributed by atoms with van der Waals surface area (Å²) in [6.45, 7) is 8.54. The molecular formula is C25H49N3O12. The highest BCUT2D eigenvalue weighted by Gasteiger charge is 2.44. The molecule has 1 aliphatic heterocycles. The van der Waals surface area contributed by atoms with Gasteiger partial charge in [-0.25, -0.2) is 4.79 Å². The van der Waals surface area contributed by atoms with Crippen LogP contribution >= 0.6 is 0 Å². The third kappa shape index (κ3) is 16.6. The molecule has 6 N–H and O–H groups in total. The fraction of sp³-hybridized carbons (Fsp3) is 0.920. The van der Waals surface area contributed by atoms with E-state index in [9.17, 15) is 24.9 Å². The SMILES string of the molecule is CNC1C(OCCNC(=O)CCOCCOCCOCCOCCNC(=O)OC(C)(C)C)OC(CO)C(O)C1O. The first-order chi connectivity index (χ1) is 19.1. The summed E-state index contributed by atoms with van der Waals surface area (Å²) in [7, 11) is 1.59. The fourth-order valence-corrected chi connectivity index (χ4v) is 3.45. The van der Waals surface area contributed by atoms with Gasteiger partial charge in [-0.2, -0.15) is 0 Å². The number of aliphatic hydroxyl groups is 3. The summed E-state index contributed by atoms with van der Waals surface area (Å²) < 4.78 is 37.7. The molecule has 1 fully saturated rings. The van der Waals surface area contributed by atoms with Gasteiger partial charge in [-0.05, 0) is 27.8 Å². The summed E-state index contributed by atoms with van der Waals surface area (Å²) in [5.74, 6) is -0.209. The second-order valence-corrected chi connectivity index (χ2v) is 9.87. The number of nitrogens with one attached hydrogen (secondary N) is 3. The van der Waals surface area contributed by atoms with Crippen molar-refractivity contribution < 1.29 is 58.1 Å². The number of hydrogen-bond donors (Lipinski definition) is 6. The van der Waals surface area contributed by atoms with Gasteiger partial charge in [-0.15, -0.1) is 0 Å². The molecule has 40 heavy (non-hydrogen) atoms. The minimum absolute atomic E-state index is 0.115. The predicted molar refractivity (Wildman–Crippen MR) is 142 cm³/mol. The molecule has 15 heteroatoms. The van der Waals surface area contributed by atoms with Crippen molar-refractivity contribution in [2.24, 2.45) is 0 Å². The number of ether oxygens (including phenoxy) is 7. The summed E-state index contributed by atoms with van der Waals surface area (Å²) in [5, 5.41) is 37.5. The van der Waals surface area contributed by atoms with E-state index in [1.807, 2.05) is 0 Å². The zero-order chi connectivity index (χ0) is 29.8. The van der Waals surface area contributed by atoms with Gasteiger partial charge in [-0.1, -0.05) is 0 Å². The first kappa shape index (κ1) is 36.4. The van der Waals surface area contributed by atoms with Gasteiger partial charge in [0.05, 0.1) is 72.1 Å². The van der Waals surface area contributed by atoms with E-state index in [0.29, 0.717) is 52.8 Å². The van der Waals surface area contributed by atoms with Crippen LogP contribution in [0.5, 0.6) is 0 Å². The number of rotatable bonds is 21. The van der Waals surface area contributed by atoms with E-state index in [2.05, 4.69) is 16.0 Å². The predicted octanol–water partition coefficient (Wildman–Crippen LogP) is -1.87. The summed E-state index contributed by atoms with van der Waals surface area (Å²) in [5.41, 5.74) is -0.531. The Kier molecular flexibility index (Phi) is 19.2. The average Bonchev–Trinajstić information content (AvgIpc) is 2.89. The third-order valence-electron chi connectivity index (χ3n) is 5.42. The highest BCUT2D eigenvalue weighted by atomic mass is 16.7.